The first-order chi connectivity index (χ1) is 14.2. The summed E-state index contributed by atoms with van der Waals surface area (Å²) in [4.78, 5) is 16.3. The zero-order chi connectivity index (χ0) is 21.9. The van der Waals surface area contributed by atoms with E-state index in [1.54, 1.807) is 12.3 Å². The van der Waals surface area contributed by atoms with Crippen molar-refractivity contribution in [3.05, 3.63) is 59.3 Å². The average molecular weight is 425 g/mol. The van der Waals surface area contributed by atoms with Crippen LogP contribution in [0.5, 0.6) is 5.75 Å². The molecule has 0 aliphatic heterocycles. The predicted octanol–water partition coefficient (Wildman–Crippen LogP) is 4.12. The number of nitrogens with one attached hydrogen (secondary N) is 2. The van der Waals surface area contributed by atoms with E-state index in [0.717, 1.165) is 36.0 Å². The third-order valence-corrected chi connectivity index (χ3v) is 4.84. The third kappa shape index (κ3) is 4.70. The maximum absolute atomic E-state index is 13.8. The molecule has 2 aromatic heterocycles. The van der Waals surface area contributed by atoms with Gasteiger partial charge in [-0.15, -0.1) is 0 Å². The van der Waals surface area contributed by atoms with Gasteiger partial charge < -0.3 is 20.1 Å². The zero-order valence-electron chi connectivity index (χ0n) is 15.9. The molecule has 4 rings (SSSR count). The summed E-state index contributed by atoms with van der Waals surface area (Å²) in [5.41, 5.74) is 4.47. The molecule has 0 fully saturated rings. The molecular formula is C20H19F4N3O3. The second-order valence-corrected chi connectivity index (χ2v) is 6.70. The topological polar surface area (TPSA) is 87.2 Å². The normalized spacial score (nSPS) is 15.4. The molecule has 0 spiro atoms. The van der Waals surface area contributed by atoms with Crippen molar-refractivity contribution in [2.75, 3.05) is 7.11 Å². The molecule has 3 N–H and O–H groups in total. The van der Waals surface area contributed by atoms with Gasteiger partial charge in [0.2, 0.25) is 0 Å². The minimum atomic E-state index is -5.08. The summed E-state index contributed by atoms with van der Waals surface area (Å²) in [6, 6.07) is 5.68. The van der Waals surface area contributed by atoms with Crippen molar-refractivity contribution in [2.24, 2.45) is 0 Å². The number of carbonyl (C=O) groups is 1. The highest BCUT2D eigenvalue weighted by Gasteiger charge is 2.38. The number of hydrogen-bond acceptors (Lipinski definition) is 4. The van der Waals surface area contributed by atoms with Crippen molar-refractivity contribution in [3.8, 4) is 5.75 Å². The molecule has 3 aromatic rings. The summed E-state index contributed by atoms with van der Waals surface area (Å²) in [5.74, 6) is -2.72. The van der Waals surface area contributed by atoms with E-state index in [4.69, 9.17) is 14.6 Å². The van der Waals surface area contributed by atoms with Gasteiger partial charge >= 0.3 is 12.1 Å². The Kier molecular flexibility index (Phi) is 6.25. The van der Waals surface area contributed by atoms with Crippen molar-refractivity contribution in [1.82, 2.24) is 15.3 Å². The van der Waals surface area contributed by atoms with Crippen LogP contribution in [0.2, 0.25) is 0 Å². The summed E-state index contributed by atoms with van der Waals surface area (Å²) in [5, 5.41) is 11.9. The number of fused-ring (bicyclic) bond motifs is 2. The molecule has 1 aliphatic carbocycles. The van der Waals surface area contributed by atoms with E-state index in [1.807, 2.05) is 24.5 Å². The summed E-state index contributed by atoms with van der Waals surface area (Å²) in [6.07, 6.45) is 2.44. The fourth-order valence-corrected chi connectivity index (χ4v) is 3.39. The summed E-state index contributed by atoms with van der Waals surface area (Å²) in [7, 11) is 1.50. The number of hydrogen-bond donors (Lipinski definition) is 3. The summed E-state index contributed by atoms with van der Waals surface area (Å²) in [6.45, 7) is 0.758. The SMILES string of the molecule is COc1cc2c(cc1F)CCC2NCc1c[nH]c2cnccc12.O=C(O)C(F)(F)F. The van der Waals surface area contributed by atoms with Crippen LogP contribution in [0.25, 0.3) is 10.9 Å². The minimum Gasteiger partial charge on any atom is -0.494 e. The quantitative estimate of drug-likeness (QED) is 0.548. The Hall–Kier alpha value is -3.14. The van der Waals surface area contributed by atoms with Crippen molar-refractivity contribution in [1.29, 1.82) is 0 Å². The molecule has 0 radical (unpaired) electrons. The molecule has 0 amide bonds. The molecule has 0 saturated heterocycles. The lowest BCUT2D eigenvalue weighted by Gasteiger charge is -2.15. The second kappa shape index (κ2) is 8.70. The molecule has 160 valence electrons. The fourth-order valence-electron chi connectivity index (χ4n) is 3.39. The monoisotopic (exact) mass is 425 g/mol. The smallest absolute Gasteiger partial charge is 0.490 e. The number of pyridine rings is 1. The van der Waals surface area contributed by atoms with Crippen LogP contribution in [0.1, 0.15) is 29.2 Å². The lowest BCUT2D eigenvalue weighted by atomic mass is 10.1. The highest BCUT2D eigenvalue weighted by molar-refractivity contribution is 5.82. The molecular weight excluding hydrogens is 406 g/mol. The maximum atomic E-state index is 13.8. The van der Waals surface area contributed by atoms with E-state index >= 15 is 0 Å². The van der Waals surface area contributed by atoms with Crippen molar-refractivity contribution >= 4 is 16.9 Å². The number of aryl methyl sites for hydroxylation is 1. The van der Waals surface area contributed by atoms with Gasteiger partial charge in [0.05, 0.1) is 18.8 Å². The van der Waals surface area contributed by atoms with E-state index in [2.05, 4.69) is 15.3 Å². The number of H-pyrrole nitrogens is 1. The first-order valence-electron chi connectivity index (χ1n) is 9.00. The number of aromatic nitrogens is 2. The molecule has 6 nitrogen and oxygen atoms in total. The largest absolute Gasteiger partial charge is 0.494 e. The lowest BCUT2D eigenvalue weighted by Crippen LogP contribution is -2.21. The number of benzene rings is 1. The van der Waals surface area contributed by atoms with Gasteiger partial charge in [-0.25, -0.2) is 9.18 Å². The Morgan fingerprint density at radius 2 is 2.13 bits per heavy atom. The summed E-state index contributed by atoms with van der Waals surface area (Å²) >= 11 is 0. The summed E-state index contributed by atoms with van der Waals surface area (Å²) < 4.78 is 50.6. The number of halogens is 4. The van der Waals surface area contributed by atoms with Crippen LogP contribution in [-0.2, 0) is 17.8 Å². The fraction of sp³-hybridized carbons (Fsp3) is 0.300. The van der Waals surface area contributed by atoms with Crippen LogP contribution in [0.15, 0.2) is 36.8 Å². The van der Waals surface area contributed by atoms with E-state index in [9.17, 15) is 17.6 Å². The lowest BCUT2D eigenvalue weighted by molar-refractivity contribution is -0.192. The Bertz CT molecular complexity index is 1050. The number of alkyl halides is 3. The Morgan fingerprint density at radius 3 is 2.80 bits per heavy atom. The van der Waals surface area contributed by atoms with E-state index in [0.29, 0.717) is 5.75 Å². The number of methoxy groups -OCH3 is 1. The van der Waals surface area contributed by atoms with Crippen LogP contribution in [-0.4, -0.2) is 34.3 Å². The minimum absolute atomic E-state index is 0.228. The van der Waals surface area contributed by atoms with Gasteiger partial charge in [0.25, 0.3) is 0 Å². The zero-order valence-corrected chi connectivity index (χ0v) is 15.9. The number of nitrogens with zero attached hydrogens (tertiary/aromatic N) is 1. The van der Waals surface area contributed by atoms with Gasteiger partial charge in [-0.2, -0.15) is 13.2 Å². The number of aliphatic carboxylic acids is 1. The molecule has 0 bridgehead atoms. The van der Waals surface area contributed by atoms with E-state index in [1.165, 1.54) is 18.1 Å². The molecule has 1 aromatic carbocycles. The van der Waals surface area contributed by atoms with Crippen LogP contribution >= 0.6 is 0 Å². The average Bonchev–Trinajstić information content (AvgIpc) is 3.29. The van der Waals surface area contributed by atoms with Gasteiger partial charge in [0.15, 0.2) is 11.6 Å². The van der Waals surface area contributed by atoms with Crippen molar-refractivity contribution < 1.29 is 32.2 Å². The Labute approximate surface area is 168 Å². The third-order valence-electron chi connectivity index (χ3n) is 4.84. The second-order valence-electron chi connectivity index (χ2n) is 6.70. The predicted molar refractivity (Wildman–Crippen MR) is 101 cm³/mol. The number of ether oxygens (including phenoxy) is 1. The van der Waals surface area contributed by atoms with Crippen LogP contribution in [0, 0.1) is 5.82 Å². The van der Waals surface area contributed by atoms with Gasteiger partial charge in [0, 0.05) is 30.4 Å². The molecule has 1 atom stereocenters. The van der Waals surface area contributed by atoms with Crippen LogP contribution in [0.4, 0.5) is 17.6 Å². The molecule has 1 aliphatic rings. The van der Waals surface area contributed by atoms with E-state index in [-0.39, 0.29) is 11.9 Å². The number of aromatic amines is 1. The van der Waals surface area contributed by atoms with Crippen LogP contribution < -0.4 is 10.1 Å². The number of rotatable bonds is 4. The highest BCUT2D eigenvalue weighted by atomic mass is 19.4. The maximum Gasteiger partial charge on any atom is 0.490 e. The Morgan fingerprint density at radius 1 is 1.40 bits per heavy atom. The standard InChI is InChI=1S/C18H18FN3O.C2HF3O2/c1-23-18-7-14-11(6-15(18)19)2-3-16(14)21-8-12-9-22-17-10-20-5-4-13(12)17;3-2(4,5)1(6)7/h4-7,9-10,16,21-22H,2-3,8H2,1H3;(H,6,7). The number of carboxylic acid groups (broad SMARTS) is 1. The van der Waals surface area contributed by atoms with Crippen LogP contribution in [0.3, 0.4) is 0 Å². The molecule has 10 heteroatoms. The van der Waals surface area contributed by atoms with Crippen molar-refractivity contribution in [3.63, 3.8) is 0 Å². The van der Waals surface area contributed by atoms with Gasteiger partial charge in [-0.3, -0.25) is 4.98 Å². The molecule has 30 heavy (non-hydrogen) atoms. The van der Waals surface area contributed by atoms with Gasteiger partial charge in [0.1, 0.15) is 0 Å². The molecule has 2 heterocycles. The van der Waals surface area contributed by atoms with E-state index < -0.39 is 12.1 Å². The molecule has 1 unspecified atom stereocenters. The number of carboxylic acids is 1. The van der Waals surface area contributed by atoms with Crippen molar-refractivity contribution in [2.45, 2.75) is 31.6 Å². The van der Waals surface area contributed by atoms with Gasteiger partial charge in [-0.1, -0.05) is 0 Å². The Balaban J connectivity index is 0.000000318. The van der Waals surface area contributed by atoms with Gasteiger partial charge in [-0.05, 0) is 47.7 Å². The molecule has 0 saturated carbocycles. The first kappa shape index (κ1) is 21.6. The first-order valence-corrected chi connectivity index (χ1v) is 9.00. The highest BCUT2D eigenvalue weighted by Crippen LogP contribution is 2.35.